The molecular weight excluding hydrogens is 548 g/mol. The van der Waals surface area contributed by atoms with Crippen LogP contribution in [0.3, 0.4) is 0 Å². The summed E-state index contributed by atoms with van der Waals surface area (Å²) in [4.78, 5) is 42.9. The molecule has 3 heterocycles. The minimum Gasteiger partial charge on any atom is -0.486 e. The summed E-state index contributed by atoms with van der Waals surface area (Å²) in [6, 6.07) is 13.0. The first-order valence-corrected chi connectivity index (χ1v) is 15.0. The quantitative estimate of drug-likeness (QED) is 0.437. The van der Waals surface area contributed by atoms with Gasteiger partial charge in [-0.1, -0.05) is 12.1 Å². The average molecular weight is 591 g/mol. The molecule has 0 spiro atoms. The van der Waals surface area contributed by atoms with Gasteiger partial charge in [-0.15, -0.1) is 0 Å². The molecule has 0 atom stereocenters. The van der Waals surface area contributed by atoms with Crippen molar-refractivity contribution in [3.8, 4) is 11.5 Å². The molecule has 2 amide bonds. The van der Waals surface area contributed by atoms with Gasteiger partial charge in [-0.25, -0.2) is 4.79 Å². The van der Waals surface area contributed by atoms with E-state index in [0.717, 1.165) is 53.7 Å². The van der Waals surface area contributed by atoms with Gasteiger partial charge in [0.1, 0.15) is 18.8 Å². The van der Waals surface area contributed by atoms with Crippen molar-refractivity contribution in [2.24, 2.45) is 0 Å². The van der Waals surface area contributed by atoms with Crippen LogP contribution in [-0.4, -0.2) is 77.9 Å². The monoisotopic (exact) mass is 590 g/mol. The predicted octanol–water partition coefficient (Wildman–Crippen LogP) is 4.34. The second-order valence-electron chi connectivity index (χ2n) is 12.3. The fourth-order valence-electron chi connectivity index (χ4n) is 5.81. The van der Waals surface area contributed by atoms with Crippen LogP contribution in [0.1, 0.15) is 55.1 Å². The number of likely N-dealkylation sites (tertiary alicyclic amines) is 1. The molecule has 3 aromatic rings. The van der Waals surface area contributed by atoms with Gasteiger partial charge in [0.2, 0.25) is 0 Å². The van der Waals surface area contributed by atoms with E-state index in [1.54, 1.807) is 29.8 Å². The first-order chi connectivity index (χ1) is 20.5. The third-order valence-electron chi connectivity index (χ3n) is 8.03. The van der Waals surface area contributed by atoms with Gasteiger partial charge in [0.05, 0.1) is 5.52 Å². The van der Waals surface area contributed by atoms with E-state index in [9.17, 15) is 14.4 Å². The summed E-state index contributed by atoms with van der Waals surface area (Å²) in [6.45, 7) is 11.8. The van der Waals surface area contributed by atoms with Crippen molar-refractivity contribution in [3.63, 3.8) is 0 Å². The Kier molecular flexibility index (Phi) is 8.96. The molecule has 1 aromatic heterocycles. The van der Waals surface area contributed by atoms with E-state index in [0.29, 0.717) is 44.2 Å². The summed E-state index contributed by atoms with van der Waals surface area (Å²) in [5, 5.41) is 3.61. The standard InChI is InChI=1S/C33H42N4O6/c1-22-18-30(38)36(27-20-24(31(39)34-5)7-8-26(22)27)15-14-35-12-10-25(11-13-35)37(32(40)43-33(2,3)4)21-23-6-9-28-29(19-23)42-17-16-41-28/h6-9,18-20,25H,10-17,21H2,1-5H3,(H,34,39). The van der Waals surface area contributed by atoms with Gasteiger partial charge in [-0.05, 0) is 75.9 Å². The third kappa shape index (κ3) is 7.13. The van der Waals surface area contributed by atoms with Crippen LogP contribution in [0.4, 0.5) is 4.79 Å². The van der Waals surface area contributed by atoms with Gasteiger partial charge < -0.3 is 33.9 Å². The van der Waals surface area contributed by atoms with Crippen molar-refractivity contribution in [1.82, 2.24) is 19.7 Å². The molecule has 0 bridgehead atoms. The molecule has 43 heavy (non-hydrogen) atoms. The summed E-state index contributed by atoms with van der Waals surface area (Å²) in [7, 11) is 1.60. The Morgan fingerprint density at radius 1 is 1.00 bits per heavy atom. The van der Waals surface area contributed by atoms with Crippen molar-refractivity contribution in [1.29, 1.82) is 0 Å². The summed E-state index contributed by atoms with van der Waals surface area (Å²) >= 11 is 0. The molecule has 1 saturated heterocycles. The van der Waals surface area contributed by atoms with Crippen LogP contribution < -0.4 is 20.3 Å². The highest BCUT2D eigenvalue weighted by Crippen LogP contribution is 2.32. The number of hydrogen-bond acceptors (Lipinski definition) is 7. The van der Waals surface area contributed by atoms with E-state index in [1.807, 2.05) is 56.9 Å². The number of pyridine rings is 1. The Bertz CT molecular complexity index is 1550. The van der Waals surface area contributed by atoms with Crippen LogP contribution >= 0.6 is 0 Å². The minimum atomic E-state index is -0.607. The molecule has 5 rings (SSSR count). The maximum atomic E-state index is 13.4. The van der Waals surface area contributed by atoms with Gasteiger partial charge in [0, 0.05) is 62.8 Å². The second-order valence-corrected chi connectivity index (χ2v) is 12.3. The fraction of sp³-hybridized carbons (Fsp3) is 0.485. The maximum absolute atomic E-state index is 13.4. The molecule has 0 aliphatic carbocycles. The lowest BCUT2D eigenvalue weighted by atomic mass is 10.0. The number of hydrogen-bond donors (Lipinski definition) is 1. The molecule has 1 N–H and O–H groups in total. The number of carbonyl (C=O) groups excluding carboxylic acids is 2. The van der Waals surface area contributed by atoms with E-state index < -0.39 is 5.60 Å². The summed E-state index contributed by atoms with van der Waals surface area (Å²) in [5.74, 6) is 1.23. The topological polar surface area (TPSA) is 102 Å². The summed E-state index contributed by atoms with van der Waals surface area (Å²) < 4.78 is 19.0. The SMILES string of the molecule is CNC(=O)c1ccc2c(C)cc(=O)n(CCN3CCC(N(Cc4ccc5c(c4)OCCO5)C(=O)OC(C)(C)C)CC3)c2c1. The molecule has 0 radical (unpaired) electrons. The molecule has 0 saturated carbocycles. The molecule has 1 fully saturated rings. The van der Waals surface area contributed by atoms with Crippen molar-refractivity contribution in [3.05, 3.63) is 69.5 Å². The number of carbonyl (C=O) groups is 2. The Morgan fingerprint density at radius 3 is 2.42 bits per heavy atom. The fourth-order valence-corrected chi connectivity index (χ4v) is 5.81. The van der Waals surface area contributed by atoms with Gasteiger partial charge in [-0.3, -0.25) is 9.59 Å². The van der Waals surface area contributed by atoms with Crippen LogP contribution in [0, 0.1) is 6.92 Å². The molecular formula is C33H42N4O6. The van der Waals surface area contributed by atoms with Gasteiger partial charge in [0.15, 0.2) is 11.5 Å². The zero-order valence-electron chi connectivity index (χ0n) is 25.8. The molecule has 10 heteroatoms. The molecule has 0 unspecified atom stereocenters. The van der Waals surface area contributed by atoms with E-state index in [2.05, 4.69) is 10.2 Å². The number of nitrogens with zero attached hydrogens (tertiary/aromatic N) is 3. The number of nitrogens with one attached hydrogen (secondary N) is 1. The van der Waals surface area contributed by atoms with Crippen LogP contribution in [0.5, 0.6) is 11.5 Å². The number of piperidine rings is 1. The van der Waals surface area contributed by atoms with Gasteiger partial charge in [0.25, 0.3) is 11.5 Å². The first-order valence-electron chi connectivity index (χ1n) is 15.0. The van der Waals surface area contributed by atoms with E-state index in [4.69, 9.17) is 14.2 Å². The van der Waals surface area contributed by atoms with Crippen LogP contribution in [0.25, 0.3) is 10.9 Å². The van der Waals surface area contributed by atoms with E-state index in [-0.39, 0.29) is 23.6 Å². The molecule has 2 aromatic carbocycles. The Balaban J connectivity index is 1.28. The zero-order valence-corrected chi connectivity index (χ0v) is 25.8. The van der Waals surface area contributed by atoms with Crippen molar-refractivity contribution >= 4 is 22.9 Å². The number of rotatable bonds is 7. The number of aryl methyl sites for hydroxylation is 1. The number of ether oxygens (including phenoxy) is 3. The first kappa shape index (κ1) is 30.4. The highest BCUT2D eigenvalue weighted by Gasteiger charge is 2.31. The number of amides is 2. The number of benzene rings is 2. The van der Waals surface area contributed by atoms with E-state index in [1.165, 1.54) is 0 Å². The maximum Gasteiger partial charge on any atom is 0.410 e. The largest absolute Gasteiger partial charge is 0.486 e. The lowest BCUT2D eigenvalue weighted by Crippen LogP contribution is -2.49. The Hall–Kier alpha value is -4.05. The average Bonchev–Trinajstić information content (AvgIpc) is 2.98. The Labute approximate surface area is 252 Å². The molecule has 2 aliphatic heterocycles. The lowest BCUT2D eigenvalue weighted by molar-refractivity contribution is 0.00562. The molecule has 2 aliphatic rings. The van der Waals surface area contributed by atoms with Crippen LogP contribution in [-0.2, 0) is 17.8 Å². The highest BCUT2D eigenvalue weighted by atomic mass is 16.6. The number of fused-ring (bicyclic) bond motifs is 2. The van der Waals surface area contributed by atoms with Gasteiger partial charge in [-0.2, -0.15) is 0 Å². The smallest absolute Gasteiger partial charge is 0.410 e. The summed E-state index contributed by atoms with van der Waals surface area (Å²) in [5.41, 5.74) is 2.45. The second kappa shape index (κ2) is 12.7. The lowest BCUT2D eigenvalue weighted by Gasteiger charge is -2.39. The highest BCUT2D eigenvalue weighted by molar-refractivity contribution is 5.98. The number of aromatic nitrogens is 1. The van der Waals surface area contributed by atoms with Crippen LogP contribution in [0.15, 0.2) is 47.3 Å². The van der Waals surface area contributed by atoms with Crippen LogP contribution in [0.2, 0.25) is 0 Å². The Morgan fingerprint density at radius 2 is 1.72 bits per heavy atom. The third-order valence-corrected chi connectivity index (χ3v) is 8.03. The van der Waals surface area contributed by atoms with Crippen molar-refractivity contribution in [2.45, 2.75) is 65.3 Å². The normalized spacial score (nSPS) is 15.7. The molecule has 10 nitrogen and oxygen atoms in total. The van der Waals surface area contributed by atoms with Crippen molar-refractivity contribution < 1.29 is 23.8 Å². The zero-order chi connectivity index (χ0) is 30.7. The van der Waals surface area contributed by atoms with E-state index >= 15 is 0 Å². The summed E-state index contributed by atoms with van der Waals surface area (Å²) in [6.07, 6.45) is 1.24. The predicted molar refractivity (Wildman–Crippen MR) is 165 cm³/mol. The van der Waals surface area contributed by atoms with Gasteiger partial charge >= 0.3 is 6.09 Å². The molecule has 230 valence electrons. The minimum absolute atomic E-state index is 0.0114. The van der Waals surface area contributed by atoms with Crippen molar-refractivity contribution in [2.75, 3.05) is 39.9 Å².